The molecule has 0 amide bonds. The summed E-state index contributed by atoms with van der Waals surface area (Å²) in [6, 6.07) is 0. The molecule has 0 fully saturated rings. The third kappa shape index (κ3) is 11.9. The molecule has 0 saturated heterocycles. The van der Waals surface area contributed by atoms with Gasteiger partial charge in [-0.1, -0.05) is 26.7 Å². The Bertz CT molecular complexity index is 90.3. The summed E-state index contributed by atoms with van der Waals surface area (Å²) in [5.41, 5.74) is 0. The number of unbranched alkanes of at least 4 members (excludes halogenated alkanes) is 1. The predicted molar refractivity (Wildman–Crippen MR) is 57.9 cm³/mol. The molecule has 13 heavy (non-hydrogen) atoms. The molecule has 0 saturated carbocycles. The van der Waals surface area contributed by atoms with E-state index in [0.29, 0.717) is 0 Å². The molecule has 80 valence electrons. The minimum Gasteiger partial charge on any atom is -0.393 e. The molecular weight excluding hydrogens is 162 g/mol. The molecule has 2 N–H and O–H groups in total. The van der Waals surface area contributed by atoms with E-state index in [0.717, 1.165) is 25.4 Å². The van der Waals surface area contributed by atoms with Crippen LogP contribution in [0.25, 0.3) is 0 Å². The Morgan fingerprint density at radius 3 is 2.23 bits per heavy atom. The molecule has 0 aliphatic rings. The van der Waals surface area contributed by atoms with Gasteiger partial charge in [-0.3, -0.25) is 0 Å². The van der Waals surface area contributed by atoms with Crippen LogP contribution in [-0.2, 0) is 0 Å². The maximum Gasteiger partial charge on any atom is 0.0524 e. The molecule has 0 spiro atoms. The van der Waals surface area contributed by atoms with Gasteiger partial charge < -0.3 is 10.4 Å². The molecule has 0 aliphatic heterocycles. The second-order valence-electron chi connectivity index (χ2n) is 4.28. The van der Waals surface area contributed by atoms with Crippen molar-refractivity contribution in [1.82, 2.24) is 5.32 Å². The number of hydrogen-bond donors (Lipinski definition) is 2. The summed E-state index contributed by atoms with van der Waals surface area (Å²) in [5.74, 6) is 0.831. The molecule has 0 aromatic rings. The van der Waals surface area contributed by atoms with Gasteiger partial charge in [0.25, 0.3) is 0 Å². The molecule has 1 unspecified atom stereocenters. The molecule has 0 aromatic carbocycles. The van der Waals surface area contributed by atoms with Gasteiger partial charge in [-0.15, -0.1) is 0 Å². The Labute approximate surface area is 82.7 Å². The molecule has 1 atom stereocenters. The largest absolute Gasteiger partial charge is 0.393 e. The van der Waals surface area contributed by atoms with E-state index in [1.807, 2.05) is 6.92 Å². The number of hydrogen-bond acceptors (Lipinski definition) is 2. The van der Waals surface area contributed by atoms with Crippen LogP contribution >= 0.6 is 0 Å². The highest BCUT2D eigenvalue weighted by Gasteiger charge is 1.95. The van der Waals surface area contributed by atoms with E-state index in [-0.39, 0.29) is 6.10 Å². The van der Waals surface area contributed by atoms with Crippen molar-refractivity contribution in [1.29, 1.82) is 0 Å². The summed E-state index contributed by atoms with van der Waals surface area (Å²) in [6.07, 6.45) is 4.61. The Balaban J connectivity index is 2.92. The standard InChI is InChI=1S/C11H25NO/c1-10(2)6-4-5-8-12-9-7-11(3)13/h10-13H,4-9H2,1-3H3. The lowest BCUT2D eigenvalue weighted by molar-refractivity contribution is 0.184. The molecule has 2 heteroatoms. The fourth-order valence-electron chi connectivity index (χ4n) is 1.24. The summed E-state index contributed by atoms with van der Waals surface area (Å²) in [5, 5.41) is 12.3. The zero-order valence-electron chi connectivity index (χ0n) is 9.34. The van der Waals surface area contributed by atoms with Gasteiger partial charge >= 0.3 is 0 Å². The molecule has 0 heterocycles. The van der Waals surface area contributed by atoms with E-state index >= 15 is 0 Å². The van der Waals surface area contributed by atoms with Crippen LogP contribution in [0.1, 0.15) is 46.5 Å². The fourth-order valence-corrected chi connectivity index (χ4v) is 1.24. The van der Waals surface area contributed by atoms with E-state index in [9.17, 15) is 0 Å². The molecule has 0 radical (unpaired) electrons. The molecular formula is C11H25NO. The van der Waals surface area contributed by atoms with Crippen molar-refractivity contribution in [2.75, 3.05) is 13.1 Å². The quantitative estimate of drug-likeness (QED) is 0.571. The second-order valence-corrected chi connectivity index (χ2v) is 4.28. The van der Waals surface area contributed by atoms with Crippen LogP contribution in [0.3, 0.4) is 0 Å². The monoisotopic (exact) mass is 187 g/mol. The smallest absolute Gasteiger partial charge is 0.0524 e. The van der Waals surface area contributed by atoms with Gasteiger partial charge in [0.15, 0.2) is 0 Å². The Hall–Kier alpha value is -0.0800. The summed E-state index contributed by atoms with van der Waals surface area (Å²) >= 11 is 0. The number of aliphatic hydroxyl groups is 1. The Morgan fingerprint density at radius 2 is 1.69 bits per heavy atom. The number of nitrogens with one attached hydrogen (secondary N) is 1. The third-order valence-corrected chi connectivity index (χ3v) is 2.12. The summed E-state index contributed by atoms with van der Waals surface area (Å²) in [6.45, 7) is 8.40. The van der Waals surface area contributed by atoms with E-state index in [1.165, 1.54) is 19.3 Å². The molecule has 2 nitrogen and oxygen atoms in total. The highest BCUT2D eigenvalue weighted by molar-refractivity contribution is 4.53. The Morgan fingerprint density at radius 1 is 1.00 bits per heavy atom. The highest BCUT2D eigenvalue weighted by atomic mass is 16.3. The van der Waals surface area contributed by atoms with Crippen molar-refractivity contribution in [3.63, 3.8) is 0 Å². The fraction of sp³-hybridized carbons (Fsp3) is 1.00. The first-order valence-corrected chi connectivity index (χ1v) is 5.51. The number of aliphatic hydroxyl groups excluding tert-OH is 1. The van der Waals surface area contributed by atoms with Gasteiger partial charge in [-0.2, -0.15) is 0 Å². The van der Waals surface area contributed by atoms with Crippen LogP contribution in [0.5, 0.6) is 0 Å². The molecule has 0 aromatic heterocycles. The highest BCUT2D eigenvalue weighted by Crippen LogP contribution is 2.04. The minimum atomic E-state index is -0.164. The topological polar surface area (TPSA) is 32.3 Å². The van der Waals surface area contributed by atoms with Gasteiger partial charge in [0.05, 0.1) is 6.10 Å². The summed E-state index contributed by atoms with van der Waals surface area (Å²) < 4.78 is 0. The lowest BCUT2D eigenvalue weighted by atomic mass is 10.1. The SMILES string of the molecule is CC(C)CCCCNCCC(C)O. The van der Waals surface area contributed by atoms with Gasteiger partial charge in [0.2, 0.25) is 0 Å². The summed E-state index contributed by atoms with van der Waals surface area (Å²) in [7, 11) is 0. The van der Waals surface area contributed by atoms with Crippen molar-refractivity contribution in [2.24, 2.45) is 5.92 Å². The van der Waals surface area contributed by atoms with Crippen molar-refractivity contribution < 1.29 is 5.11 Å². The van der Waals surface area contributed by atoms with Crippen LogP contribution < -0.4 is 5.32 Å². The first kappa shape index (κ1) is 12.9. The van der Waals surface area contributed by atoms with E-state index in [4.69, 9.17) is 5.11 Å². The molecule has 0 aliphatic carbocycles. The van der Waals surface area contributed by atoms with Crippen molar-refractivity contribution in [3.05, 3.63) is 0 Å². The van der Waals surface area contributed by atoms with E-state index in [1.54, 1.807) is 0 Å². The minimum absolute atomic E-state index is 0.164. The lowest BCUT2D eigenvalue weighted by Crippen LogP contribution is -2.20. The summed E-state index contributed by atoms with van der Waals surface area (Å²) in [4.78, 5) is 0. The van der Waals surface area contributed by atoms with Crippen LogP contribution in [-0.4, -0.2) is 24.3 Å². The normalized spacial score (nSPS) is 13.6. The predicted octanol–water partition coefficient (Wildman–Crippen LogP) is 2.17. The van der Waals surface area contributed by atoms with Crippen molar-refractivity contribution >= 4 is 0 Å². The second kappa shape index (κ2) is 8.52. The van der Waals surface area contributed by atoms with Gasteiger partial charge in [0, 0.05) is 0 Å². The molecule has 0 rings (SSSR count). The maximum absolute atomic E-state index is 8.99. The van der Waals surface area contributed by atoms with Crippen LogP contribution in [0.2, 0.25) is 0 Å². The van der Waals surface area contributed by atoms with Gasteiger partial charge in [-0.05, 0) is 38.8 Å². The first-order chi connectivity index (χ1) is 6.13. The zero-order valence-corrected chi connectivity index (χ0v) is 9.34. The average Bonchev–Trinajstić information content (AvgIpc) is 2.01. The Kier molecular flexibility index (Phi) is 8.46. The third-order valence-electron chi connectivity index (χ3n) is 2.12. The zero-order chi connectivity index (χ0) is 10.1. The maximum atomic E-state index is 8.99. The van der Waals surface area contributed by atoms with E-state index < -0.39 is 0 Å². The van der Waals surface area contributed by atoms with Crippen molar-refractivity contribution in [3.8, 4) is 0 Å². The van der Waals surface area contributed by atoms with Crippen LogP contribution in [0.4, 0.5) is 0 Å². The van der Waals surface area contributed by atoms with Crippen LogP contribution in [0.15, 0.2) is 0 Å². The number of rotatable bonds is 8. The van der Waals surface area contributed by atoms with Crippen LogP contribution in [0, 0.1) is 5.92 Å². The van der Waals surface area contributed by atoms with Gasteiger partial charge in [0.1, 0.15) is 0 Å². The van der Waals surface area contributed by atoms with Gasteiger partial charge in [-0.25, -0.2) is 0 Å². The lowest BCUT2D eigenvalue weighted by Gasteiger charge is -2.07. The van der Waals surface area contributed by atoms with Crippen molar-refractivity contribution in [2.45, 2.75) is 52.6 Å². The molecule has 0 bridgehead atoms. The van der Waals surface area contributed by atoms with E-state index in [2.05, 4.69) is 19.2 Å². The average molecular weight is 187 g/mol. The first-order valence-electron chi connectivity index (χ1n) is 5.51.